The lowest BCUT2D eigenvalue weighted by molar-refractivity contribution is -0.210. The maximum atomic E-state index is 10.9. The minimum Gasteiger partial charge on any atom is -0.379 e. The molecule has 92 valence electrons. The molecule has 0 aliphatic rings. The van der Waals surface area contributed by atoms with Gasteiger partial charge in [-0.15, -0.1) is 0 Å². The fourth-order valence-corrected chi connectivity index (χ4v) is 1.15. The van der Waals surface area contributed by atoms with Gasteiger partial charge in [-0.3, -0.25) is 0 Å². The van der Waals surface area contributed by atoms with Crippen LogP contribution in [0.1, 0.15) is 26.7 Å². The van der Waals surface area contributed by atoms with Gasteiger partial charge in [-0.1, -0.05) is 17.7 Å². The highest BCUT2D eigenvalue weighted by Gasteiger charge is 2.12. The van der Waals surface area contributed by atoms with Crippen LogP contribution in [0.25, 0.3) is 0 Å². The predicted octanol–water partition coefficient (Wildman–Crippen LogP) is 1.03. The molecule has 0 saturated heterocycles. The van der Waals surface area contributed by atoms with Crippen molar-refractivity contribution in [2.45, 2.75) is 26.7 Å². The van der Waals surface area contributed by atoms with E-state index >= 15 is 0 Å². The molecule has 0 unspecified atom stereocenters. The van der Waals surface area contributed by atoms with E-state index in [0.29, 0.717) is 6.61 Å². The number of unbranched alkanes of at least 4 members (excludes halogenated alkanes) is 1. The van der Waals surface area contributed by atoms with Crippen molar-refractivity contribution in [1.82, 2.24) is 0 Å². The molecule has 0 bridgehead atoms. The monoisotopic (exact) mass is 242 g/mol. The summed E-state index contributed by atoms with van der Waals surface area (Å²) in [4.78, 5) is 4.44. The molecule has 0 aliphatic carbocycles. The molecule has 0 saturated carbocycles. The molecule has 6 nitrogen and oxygen atoms in total. The first-order valence-electron chi connectivity index (χ1n) is 4.90. The smallest absolute Gasteiger partial charge is 0.379 e. The lowest BCUT2D eigenvalue weighted by atomic mass is 10.4. The van der Waals surface area contributed by atoms with Crippen LogP contribution in [-0.4, -0.2) is 34.8 Å². The van der Waals surface area contributed by atoms with E-state index in [2.05, 4.69) is 13.4 Å². The van der Waals surface area contributed by atoms with Crippen molar-refractivity contribution in [2.24, 2.45) is 0 Å². The second kappa shape index (κ2) is 9.05. The largest absolute Gasteiger partial charge is 0.426 e. The standard InChI is InChI=1S/C8H18O6S/c1-3-5-6-12-14-15(9,10)13-8-7-11-4-2/h3-8H2,1-2H3. The molecule has 0 aromatic rings. The molecule has 0 N–H and O–H groups in total. The summed E-state index contributed by atoms with van der Waals surface area (Å²) in [6, 6.07) is 0. The Hall–Kier alpha value is -0.210. The molecular formula is C8H18O6S. The van der Waals surface area contributed by atoms with Crippen molar-refractivity contribution in [1.29, 1.82) is 0 Å². The fraction of sp³-hybridized carbons (Fsp3) is 1.00. The van der Waals surface area contributed by atoms with Crippen molar-refractivity contribution in [3.05, 3.63) is 0 Å². The highest BCUT2D eigenvalue weighted by atomic mass is 32.3. The summed E-state index contributed by atoms with van der Waals surface area (Å²) in [7, 11) is -4.04. The van der Waals surface area contributed by atoms with E-state index in [1.165, 1.54) is 0 Å². The lowest BCUT2D eigenvalue weighted by Gasteiger charge is -2.04. The van der Waals surface area contributed by atoms with E-state index in [1.54, 1.807) is 6.92 Å². The zero-order valence-corrected chi connectivity index (χ0v) is 9.92. The van der Waals surface area contributed by atoms with E-state index in [1.807, 2.05) is 6.92 Å². The second-order valence-corrected chi connectivity index (χ2v) is 3.86. The van der Waals surface area contributed by atoms with Crippen molar-refractivity contribution < 1.29 is 26.6 Å². The van der Waals surface area contributed by atoms with Crippen molar-refractivity contribution in [3.63, 3.8) is 0 Å². The van der Waals surface area contributed by atoms with Gasteiger partial charge in [-0.05, 0) is 13.3 Å². The van der Waals surface area contributed by atoms with E-state index in [-0.39, 0.29) is 19.8 Å². The Bertz CT molecular complexity index is 207. The maximum Gasteiger partial charge on any atom is 0.426 e. The molecule has 0 rings (SSSR count). The number of hydrogen-bond donors (Lipinski definition) is 0. The van der Waals surface area contributed by atoms with Gasteiger partial charge in [0.15, 0.2) is 0 Å². The van der Waals surface area contributed by atoms with Gasteiger partial charge in [0.25, 0.3) is 0 Å². The van der Waals surface area contributed by atoms with Crippen LogP contribution in [0.3, 0.4) is 0 Å². The molecule has 0 atom stereocenters. The fourth-order valence-electron chi connectivity index (χ4n) is 0.655. The van der Waals surface area contributed by atoms with Gasteiger partial charge in [-0.25, -0.2) is 9.07 Å². The third-order valence-electron chi connectivity index (χ3n) is 1.37. The van der Waals surface area contributed by atoms with Crippen LogP contribution in [0.2, 0.25) is 0 Å². The van der Waals surface area contributed by atoms with E-state index in [0.717, 1.165) is 12.8 Å². The average Bonchev–Trinajstić information content (AvgIpc) is 2.20. The SMILES string of the molecule is CCCCOOS(=O)(=O)OCCOCC. The number of hydrogen-bond acceptors (Lipinski definition) is 6. The average molecular weight is 242 g/mol. The van der Waals surface area contributed by atoms with Gasteiger partial charge in [0, 0.05) is 6.61 Å². The summed E-state index contributed by atoms with van der Waals surface area (Å²) < 4.78 is 35.3. The maximum absolute atomic E-state index is 10.9. The predicted molar refractivity (Wildman–Crippen MR) is 53.3 cm³/mol. The Labute approximate surface area is 90.7 Å². The molecule has 0 fully saturated rings. The van der Waals surface area contributed by atoms with Gasteiger partial charge < -0.3 is 4.74 Å². The first-order valence-corrected chi connectivity index (χ1v) is 6.24. The molecular weight excluding hydrogens is 224 g/mol. The van der Waals surface area contributed by atoms with Gasteiger partial charge in [-0.2, -0.15) is 8.42 Å². The molecule has 15 heavy (non-hydrogen) atoms. The zero-order chi connectivity index (χ0) is 11.6. The number of rotatable bonds is 10. The minimum atomic E-state index is -4.04. The molecule has 0 aliphatic heterocycles. The van der Waals surface area contributed by atoms with Crippen molar-refractivity contribution in [3.8, 4) is 0 Å². The molecule has 0 radical (unpaired) electrons. The molecule has 7 heteroatoms. The third-order valence-corrected chi connectivity index (χ3v) is 2.09. The Kier molecular flexibility index (Phi) is 8.92. The van der Waals surface area contributed by atoms with Gasteiger partial charge >= 0.3 is 10.4 Å². The number of ether oxygens (including phenoxy) is 1. The summed E-state index contributed by atoms with van der Waals surface area (Å²) in [5.41, 5.74) is 0. The summed E-state index contributed by atoms with van der Waals surface area (Å²) in [5, 5.41) is 0. The van der Waals surface area contributed by atoms with Gasteiger partial charge in [0.05, 0.1) is 19.8 Å². The third kappa shape index (κ3) is 10.1. The zero-order valence-electron chi connectivity index (χ0n) is 9.10. The van der Waals surface area contributed by atoms with Crippen molar-refractivity contribution >= 4 is 10.4 Å². The lowest BCUT2D eigenvalue weighted by Crippen LogP contribution is -2.14. The Morgan fingerprint density at radius 1 is 1.07 bits per heavy atom. The molecule has 0 amide bonds. The highest BCUT2D eigenvalue weighted by molar-refractivity contribution is 7.81. The summed E-state index contributed by atoms with van der Waals surface area (Å²) in [6.07, 6.45) is 1.63. The molecule has 0 aromatic carbocycles. The van der Waals surface area contributed by atoms with Crippen LogP contribution in [0.5, 0.6) is 0 Å². The first-order chi connectivity index (χ1) is 7.12. The van der Waals surface area contributed by atoms with Crippen LogP contribution >= 0.6 is 0 Å². The molecule has 0 spiro atoms. The van der Waals surface area contributed by atoms with Crippen LogP contribution in [-0.2, 0) is 28.5 Å². The minimum absolute atomic E-state index is 0.0761. The molecule has 0 aromatic heterocycles. The Balaban J connectivity index is 3.50. The summed E-state index contributed by atoms with van der Waals surface area (Å²) >= 11 is 0. The van der Waals surface area contributed by atoms with Gasteiger partial charge in [0.2, 0.25) is 0 Å². The quantitative estimate of drug-likeness (QED) is 0.324. The first kappa shape index (κ1) is 14.8. The molecule has 0 heterocycles. The Morgan fingerprint density at radius 2 is 1.80 bits per heavy atom. The summed E-state index contributed by atoms with van der Waals surface area (Å²) in [5.74, 6) is 0. The van der Waals surface area contributed by atoms with E-state index < -0.39 is 10.4 Å². The normalized spacial score (nSPS) is 11.9. The van der Waals surface area contributed by atoms with E-state index in [4.69, 9.17) is 4.74 Å². The van der Waals surface area contributed by atoms with Crippen LogP contribution in [0.4, 0.5) is 0 Å². The second-order valence-electron chi connectivity index (χ2n) is 2.67. The van der Waals surface area contributed by atoms with E-state index in [9.17, 15) is 8.42 Å². The topological polar surface area (TPSA) is 71.1 Å². The van der Waals surface area contributed by atoms with Crippen LogP contribution in [0.15, 0.2) is 0 Å². The highest BCUT2D eigenvalue weighted by Crippen LogP contribution is 1.98. The van der Waals surface area contributed by atoms with Gasteiger partial charge in [0.1, 0.15) is 0 Å². The van der Waals surface area contributed by atoms with Crippen molar-refractivity contribution in [2.75, 3.05) is 26.4 Å². The van der Waals surface area contributed by atoms with Crippen LogP contribution < -0.4 is 0 Å². The Morgan fingerprint density at radius 3 is 2.40 bits per heavy atom. The van der Waals surface area contributed by atoms with Crippen LogP contribution in [0, 0.1) is 0 Å². The summed E-state index contributed by atoms with van der Waals surface area (Å²) in [6.45, 7) is 4.62.